The average molecular weight is 432 g/mol. The van der Waals surface area contributed by atoms with Gasteiger partial charge in [0.25, 0.3) is 5.89 Å². The fourth-order valence-electron chi connectivity index (χ4n) is 3.65. The summed E-state index contributed by atoms with van der Waals surface area (Å²) in [7, 11) is 3.17. The lowest BCUT2D eigenvalue weighted by atomic mass is 9.99. The van der Waals surface area contributed by atoms with Gasteiger partial charge in [0.05, 0.1) is 19.8 Å². The molecule has 1 fully saturated rings. The van der Waals surface area contributed by atoms with Crippen LogP contribution in [0.2, 0.25) is 0 Å². The highest BCUT2D eigenvalue weighted by Crippen LogP contribution is 2.42. The Morgan fingerprint density at radius 1 is 1.03 bits per heavy atom. The van der Waals surface area contributed by atoms with E-state index in [0.29, 0.717) is 41.1 Å². The van der Waals surface area contributed by atoms with Gasteiger partial charge in [0.2, 0.25) is 5.75 Å². The Morgan fingerprint density at radius 3 is 2.27 bits per heavy atom. The number of rotatable bonds is 7. The van der Waals surface area contributed by atoms with Gasteiger partial charge in [-0.2, -0.15) is 4.98 Å². The van der Waals surface area contributed by atoms with Crippen molar-refractivity contribution >= 4 is 12.4 Å². The Kier molecular flexibility index (Phi) is 6.84. The summed E-state index contributed by atoms with van der Waals surface area (Å²) in [5, 5.41) is 4.13. The van der Waals surface area contributed by atoms with Crippen LogP contribution in [0.1, 0.15) is 37.1 Å². The van der Waals surface area contributed by atoms with Crippen molar-refractivity contribution in [2.75, 3.05) is 14.2 Å². The lowest BCUT2D eigenvalue weighted by molar-refractivity contribution is 0.266. The maximum absolute atomic E-state index is 6.45. The Labute approximate surface area is 181 Å². The Bertz CT molecular complexity index is 947. The number of nitrogens with two attached hydrogens (primary N) is 1. The van der Waals surface area contributed by atoms with E-state index in [4.69, 9.17) is 24.5 Å². The Balaban J connectivity index is 0.00000256. The van der Waals surface area contributed by atoms with Crippen molar-refractivity contribution in [2.45, 2.75) is 37.8 Å². The van der Waals surface area contributed by atoms with E-state index in [-0.39, 0.29) is 12.4 Å². The molecule has 7 nitrogen and oxygen atoms in total. The number of benzene rings is 2. The molecule has 0 unspecified atom stereocenters. The van der Waals surface area contributed by atoms with Crippen LogP contribution in [0.5, 0.6) is 17.2 Å². The van der Waals surface area contributed by atoms with Crippen molar-refractivity contribution in [3.63, 3.8) is 0 Å². The van der Waals surface area contributed by atoms with Crippen LogP contribution in [0, 0.1) is 0 Å². The standard InChI is InChI=1S/C22H25N3O4.ClH/c1-26-17-12-16(20-24-21(25-29-20)22(23)10-6-7-11-22)13-18(27-2)19(17)28-14-15-8-4-3-5-9-15;/h3-5,8-9,12-13H,6-7,10-11,14,23H2,1-2H3;1H. The van der Waals surface area contributed by atoms with Crippen LogP contribution in [-0.4, -0.2) is 24.4 Å². The summed E-state index contributed by atoms with van der Waals surface area (Å²) >= 11 is 0. The van der Waals surface area contributed by atoms with Gasteiger partial charge in [-0.05, 0) is 30.5 Å². The first-order valence-electron chi connectivity index (χ1n) is 9.69. The number of methoxy groups -OCH3 is 2. The second-order valence-electron chi connectivity index (χ2n) is 7.27. The summed E-state index contributed by atoms with van der Waals surface area (Å²) in [6, 6.07) is 13.5. The fraction of sp³-hybridized carbons (Fsp3) is 0.364. The molecule has 4 rings (SSSR count). The summed E-state index contributed by atoms with van der Waals surface area (Å²) in [6.07, 6.45) is 3.89. The molecule has 2 aromatic carbocycles. The van der Waals surface area contributed by atoms with Crippen LogP contribution < -0.4 is 19.9 Å². The molecule has 0 spiro atoms. The molecule has 0 bridgehead atoms. The van der Waals surface area contributed by atoms with E-state index < -0.39 is 5.54 Å². The normalized spacial score (nSPS) is 14.8. The molecule has 1 saturated carbocycles. The van der Waals surface area contributed by atoms with Crippen molar-refractivity contribution in [2.24, 2.45) is 5.73 Å². The van der Waals surface area contributed by atoms with E-state index >= 15 is 0 Å². The highest BCUT2D eigenvalue weighted by molar-refractivity contribution is 5.85. The van der Waals surface area contributed by atoms with E-state index in [1.807, 2.05) is 30.3 Å². The van der Waals surface area contributed by atoms with Crippen LogP contribution in [-0.2, 0) is 12.1 Å². The second-order valence-corrected chi connectivity index (χ2v) is 7.27. The largest absolute Gasteiger partial charge is 0.493 e. The maximum Gasteiger partial charge on any atom is 0.258 e. The van der Waals surface area contributed by atoms with Crippen molar-refractivity contribution in [3.8, 4) is 28.7 Å². The Morgan fingerprint density at radius 2 is 1.67 bits per heavy atom. The van der Waals surface area contributed by atoms with Crippen molar-refractivity contribution < 1.29 is 18.7 Å². The molecular formula is C22H26ClN3O4. The smallest absolute Gasteiger partial charge is 0.258 e. The lowest BCUT2D eigenvalue weighted by Gasteiger charge is -2.17. The molecule has 1 aliphatic carbocycles. The van der Waals surface area contributed by atoms with Crippen molar-refractivity contribution in [1.82, 2.24) is 10.1 Å². The topological polar surface area (TPSA) is 92.6 Å². The summed E-state index contributed by atoms with van der Waals surface area (Å²) in [5.74, 6) is 2.50. The van der Waals surface area contributed by atoms with E-state index in [1.54, 1.807) is 26.4 Å². The second kappa shape index (κ2) is 9.36. The van der Waals surface area contributed by atoms with Crippen LogP contribution >= 0.6 is 12.4 Å². The van der Waals surface area contributed by atoms with Crippen LogP contribution in [0.3, 0.4) is 0 Å². The average Bonchev–Trinajstić information content (AvgIpc) is 3.43. The first kappa shape index (κ1) is 21.9. The van der Waals surface area contributed by atoms with Crippen molar-refractivity contribution in [3.05, 3.63) is 53.9 Å². The van der Waals surface area contributed by atoms with Crippen LogP contribution in [0.25, 0.3) is 11.5 Å². The summed E-state index contributed by atoms with van der Waals surface area (Å²) in [6.45, 7) is 0.396. The third-order valence-electron chi connectivity index (χ3n) is 5.30. The van der Waals surface area contributed by atoms with Gasteiger partial charge in [-0.1, -0.05) is 48.3 Å². The minimum atomic E-state index is -0.505. The molecule has 3 aromatic rings. The molecule has 0 aliphatic heterocycles. The van der Waals surface area contributed by atoms with Gasteiger partial charge in [0, 0.05) is 5.56 Å². The quantitative estimate of drug-likeness (QED) is 0.589. The number of hydrogen-bond donors (Lipinski definition) is 1. The zero-order valence-electron chi connectivity index (χ0n) is 17.1. The summed E-state index contributed by atoms with van der Waals surface area (Å²) < 4.78 is 22.6. The van der Waals surface area contributed by atoms with Crippen molar-refractivity contribution in [1.29, 1.82) is 0 Å². The summed E-state index contributed by atoms with van der Waals surface area (Å²) in [5.41, 5.74) is 7.68. The van der Waals surface area contributed by atoms with E-state index in [9.17, 15) is 0 Å². The molecule has 1 aliphatic rings. The van der Waals surface area contributed by atoms with Gasteiger partial charge in [0.1, 0.15) is 6.61 Å². The predicted molar refractivity (Wildman–Crippen MR) is 115 cm³/mol. The molecular weight excluding hydrogens is 406 g/mol. The lowest BCUT2D eigenvalue weighted by Crippen LogP contribution is -2.34. The number of aromatic nitrogens is 2. The van der Waals surface area contributed by atoms with Gasteiger partial charge in [-0.3, -0.25) is 0 Å². The molecule has 0 atom stereocenters. The molecule has 0 amide bonds. The van der Waals surface area contributed by atoms with Crippen LogP contribution in [0.4, 0.5) is 0 Å². The van der Waals surface area contributed by atoms with Crippen LogP contribution in [0.15, 0.2) is 47.0 Å². The Hall–Kier alpha value is -2.77. The number of nitrogens with zero attached hydrogens (tertiary/aromatic N) is 2. The highest BCUT2D eigenvalue weighted by atomic mass is 35.5. The maximum atomic E-state index is 6.45. The molecule has 160 valence electrons. The zero-order chi connectivity index (χ0) is 20.3. The van der Waals surface area contributed by atoms with Gasteiger partial charge in [-0.25, -0.2) is 0 Å². The number of halogens is 1. The molecule has 1 aromatic heterocycles. The zero-order valence-corrected chi connectivity index (χ0v) is 17.9. The molecule has 1 heterocycles. The molecule has 0 radical (unpaired) electrons. The minimum absolute atomic E-state index is 0. The number of hydrogen-bond acceptors (Lipinski definition) is 7. The highest BCUT2D eigenvalue weighted by Gasteiger charge is 2.36. The SMILES string of the molecule is COc1cc(-c2nc(C3(N)CCCC3)no2)cc(OC)c1OCc1ccccc1.Cl. The molecule has 0 saturated heterocycles. The third kappa shape index (κ3) is 4.37. The number of ether oxygens (including phenoxy) is 3. The fourth-order valence-corrected chi connectivity index (χ4v) is 3.65. The predicted octanol–water partition coefficient (Wildman–Crippen LogP) is 4.48. The first-order chi connectivity index (χ1) is 14.1. The molecule has 30 heavy (non-hydrogen) atoms. The first-order valence-corrected chi connectivity index (χ1v) is 9.69. The van der Waals surface area contributed by atoms with Gasteiger partial charge < -0.3 is 24.5 Å². The minimum Gasteiger partial charge on any atom is -0.493 e. The van der Waals surface area contributed by atoms with E-state index in [0.717, 1.165) is 31.2 Å². The van der Waals surface area contributed by atoms with Gasteiger partial charge in [-0.15, -0.1) is 12.4 Å². The summed E-state index contributed by atoms with van der Waals surface area (Å²) in [4.78, 5) is 4.55. The molecule has 8 heteroatoms. The van der Waals surface area contributed by atoms with Gasteiger partial charge in [0.15, 0.2) is 17.3 Å². The van der Waals surface area contributed by atoms with E-state index in [1.165, 1.54) is 0 Å². The molecule has 2 N–H and O–H groups in total. The van der Waals surface area contributed by atoms with Gasteiger partial charge >= 0.3 is 0 Å². The van der Waals surface area contributed by atoms with E-state index in [2.05, 4.69) is 10.1 Å². The third-order valence-corrected chi connectivity index (χ3v) is 5.30. The monoisotopic (exact) mass is 431 g/mol.